The van der Waals surface area contributed by atoms with Gasteiger partial charge < -0.3 is 19.8 Å². The second-order valence-electron chi connectivity index (χ2n) is 7.75. The number of aryl methyl sites for hydroxylation is 1. The van der Waals surface area contributed by atoms with Crippen molar-refractivity contribution in [1.29, 1.82) is 0 Å². The Labute approximate surface area is 167 Å². The third-order valence-corrected chi connectivity index (χ3v) is 5.18. The van der Waals surface area contributed by atoms with Crippen LogP contribution in [-0.2, 0) is 11.8 Å². The van der Waals surface area contributed by atoms with Crippen LogP contribution in [-0.4, -0.2) is 33.0 Å². The zero-order chi connectivity index (χ0) is 20.5. The fourth-order valence-corrected chi connectivity index (χ4v) is 3.75. The standard InChI is InChI=1S/C20H25N5O4/c1-11(2)21-19(26)28-13-8-7-12(9-13)15-10-17(24-23-15)22-14-5-4-6-16-18(14)29-20(27)25(16)3/h4-6,10-13H,7-9H2,1-3H3,(H,21,26)(H2,22,23,24)/t12-,13+/m0/s1. The molecule has 0 unspecified atom stereocenters. The van der Waals surface area contributed by atoms with Crippen molar-refractivity contribution in [3.8, 4) is 0 Å². The van der Waals surface area contributed by atoms with Crippen molar-refractivity contribution in [2.75, 3.05) is 5.32 Å². The highest BCUT2D eigenvalue weighted by atomic mass is 16.6. The van der Waals surface area contributed by atoms with Crippen molar-refractivity contribution in [3.63, 3.8) is 0 Å². The first-order chi connectivity index (χ1) is 13.9. The van der Waals surface area contributed by atoms with Gasteiger partial charge in [0.25, 0.3) is 0 Å². The Balaban J connectivity index is 1.43. The van der Waals surface area contributed by atoms with E-state index in [1.165, 1.54) is 4.57 Å². The third-order valence-electron chi connectivity index (χ3n) is 5.18. The fraction of sp³-hybridized carbons (Fsp3) is 0.450. The van der Waals surface area contributed by atoms with Gasteiger partial charge in [0.1, 0.15) is 6.10 Å². The molecule has 2 aromatic heterocycles. The molecule has 1 saturated carbocycles. The van der Waals surface area contributed by atoms with Crippen LogP contribution in [0.1, 0.15) is 44.7 Å². The van der Waals surface area contributed by atoms with Crippen molar-refractivity contribution in [2.45, 2.75) is 51.2 Å². The normalized spacial score (nSPS) is 19.0. The minimum atomic E-state index is -0.407. The van der Waals surface area contributed by atoms with Crippen LogP contribution in [0.2, 0.25) is 0 Å². The molecule has 1 aliphatic rings. The molecular formula is C20H25N5O4. The highest BCUT2D eigenvalue weighted by molar-refractivity contribution is 5.88. The average Bonchev–Trinajstić information content (AvgIpc) is 3.36. The van der Waals surface area contributed by atoms with Crippen LogP contribution >= 0.6 is 0 Å². The number of amides is 1. The summed E-state index contributed by atoms with van der Waals surface area (Å²) in [4.78, 5) is 23.6. The Hall–Kier alpha value is -3.23. The maximum atomic E-state index is 11.8. The van der Waals surface area contributed by atoms with E-state index in [1.807, 2.05) is 38.1 Å². The number of aromatic amines is 1. The lowest BCUT2D eigenvalue weighted by Crippen LogP contribution is -2.33. The number of ether oxygens (including phenoxy) is 1. The van der Waals surface area contributed by atoms with Crippen molar-refractivity contribution in [3.05, 3.63) is 40.5 Å². The van der Waals surface area contributed by atoms with E-state index in [0.717, 1.165) is 25.0 Å². The third kappa shape index (κ3) is 3.98. The first-order valence-corrected chi connectivity index (χ1v) is 9.78. The summed E-state index contributed by atoms with van der Waals surface area (Å²) >= 11 is 0. The minimum absolute atomic E-state index is 0.0550. The molecule has 4 rings (SSSR count). The van der Waals surface area contributed by atoms with E-state index in [2.05, 4.69) is 20.8 Å². The summed E-state index contributed by atoms with van der Waals surface area (Å²) in [6.07, 6.45) is 2.05. The molecule has 2 heterocycles. The molecule has 29 heavy (non-hydrogen) atoms. The number of H-pyrrole nitrogens is 1. The predicted octanol–water partition coefficient (Wildman–Crippen LogP) is 3.37. The molecule has 1 amide bonds. The lowest BCUT2D eigenvalue weighted by Gasteiger charge is -2.14. The molecule has 154 valence electrons. The predicted molar refractivity (Wildman–Crippen MR) is 108 cm³/mol. The van der Waals surface area contributed by atoms with Crippen molar-refractivity contribution >= 4 is 28.7 Å². The van der Waals surface area contributed by atoms with Crippen LogP contribution in [0.3, 0.4) is 0 Å². The summed E-state index contributed by atoms with van der Waals surface area (Å²) in [5, 5.41) is 13.4. The number of hydrogen-bond donors (Lipinski definition) is 3. The van der Waals surface area contributed by atoms with Crippen molar-refractivity contribution < 1.29 is 13.9 Å². The lowest BCUT2D eigenvalue weighted by molar-refractivity contribution is 0.0981. The number of benzene rings is 1. The number of para-hydroxylation sites is 1. The smallest absolute Gasteiger partial charge is 0.419 e. The molecule has 0 aliphatic heterocycles. The molecule has 0 bridgehead atoms. The maximum absolute atomic E-state index is 11.8. The molecule has 3 aromatic rings. The zero-order valence-corrected chi connectivity index (χ0v) is 16.7. The molecule has 9 nitrogen and oxygen atoms in total. The number of rotatable bonds is 5. The molecule has 1 aromatic carbocycles. The molecule has 1 fully saturated rings. The molecule has 0 spiro atoms. The van der Waals surface area contributed by atoms with Gasteiger partial charge in [0.15, 0.2) is 11.4 Å². The van der Waals surface area contributed by atoms with E-state index < -0.39 is 5.76 Å². The van der Waals surface area contributed by atoms with Crippen LogP contribution in [0.15, 0.2) is 33.5 Å². The van der Waals surface area contributed by atoms with Crippen LogP contribution in [0.4, 0.5) is 16.3 Å². The van der Waals surface area contributed by atoms with Crippen LogP contribution in [0, 0.1) is 0 Å². The van der Waals surface area contributed by atoms with Gasteiger partial charge in [-0.05, 0) is 45.2 Å². The Morgan fingerprint density at radius 2 is 2.21 bits per heavy atom. The Kier molecular flexibility index (Phi) is 5.04. The number of hydrogen-bond acceptors (Lipinski definition) is 6. The monoisotopic (exact) mass is 399 g/mol. The van der Waals surface area contributed by atoms with Crippen LogP contribution in [0.25, 0.3) is 11.1 Å². The number of nitrogens with one attached hydrogen (secondary N) is 3. The average molecular weight is 399 g/mol. The number of carbonyl (C=O) groups is 1. The molecule has 0 saturated heterocycles. The van der Waals surface area contributed by atoms with E-state index in [-0.39, 0.29) is 24.2 Å². The van der Waals surface area contributed by atoms with Gasteiger partial charge in [0.05, 0.1) is 11.2 Å². The van der Waals surface area contributed by atoms with E-state index >= 15 is 0 Å². The van der Waals surface area contributed by atoms with Gasteiger partial charge in [0, 0.05) is 30.8 Å². The highest BCUT2D eigenvalue weighted by Crippen LogP contribution is 2.36. The number of carbonyl (C=O) groups excluding carboxylic acids is 1. The van der Waals surface area contributed by atoms with Crippen LogP contribution in [0.5, 0.6) is 0 Å². The number of alkyl carbamates (subject to hydrolysis) is 1. The van der Waals surface area contributed by atoms with Gasteiger partial charge in [-0.25, -0.2) is 9.59 Å². The SMILES string of the molecule is CC(C)NC(=O)O[C@@H]1CC[C@H](c2cc(Nc3cccc4c3oc(=O)n4C)n[nH]2)C1. The van der Waals surface area contributed by atoms with Crippen LogP contribution < -0.4 is 16.4 Å². The first-order valence-electron chi connectivity index (χ1n) is 9.78. The van der Waals surface area contributed by atoms with E-state index in [4.69, 9.17) is 9.15 Å². The van der Waals surface area contributed by atoms with E-state index in [1.54, 1.807) is 7.05 Å². The highest BCUT2D eigenvalue weighted by Gasteiger charge is 2.30. The number of aromatic nitrogens is 3. The van der Waals surface area contributed by atoms with Gasteiger partial charge >= 0.3 is 11.8 Å². The molecule has 9 heteroatoms. The first kappa shape index (κ1) is 19.1. The summed E-state index contributed by atoms with van der Waals surface area (Å²) in [7, 11) is 1.67. The number of anilines is 2. The maximum Gasteiger partial charge on any atom is 0.419 e. The summed E-state index contributed by atoms with van der Waals surface area (Å²) in [5.41, 5.74) is 2.88. The van der Waals surface area contributed by atoms with Gasteiger partial charge in [-0.1, -0.05) is 6.07 Å². The number of fused-ring (bicyclic) bond motifs is 1. The summed E-state index contributed by atoms with van der Waals surface area (Å²) < 4.78 is 12.3. The van der Waals surface area contributed by atoms with E-state index in [9.17, 15) is 9.59 Å². The second-order valence-corrected chi connectivity index (χ2v) is 7.75. The molecule has 2 atom stereocenters. The summed E-state index contributed by atoms with van der Waals surface area (Å²) in [5.74, 6) is 0.483. The quantitative estimate of drug-likeness (QED) is 0.606. The topological polar surface area (TPSA) is 114 Å². The number of oxazole rings is 1. The minimum Gasteiger partial charge on any atom is -0.446 e. The molecule has 1 aliphatic carbocycles. The Morgan fingerprint density at radius 3 is 3.00 bits per heavy atom. The molecule has 3 N–H and O–H groups in total. The zero-order valence-electron chi connectivity index (χ0n) is 16.7. The van der Waals surface area contributed by atoms with Crippen molar-refractivity contribution in [2.24, 2.45) is 7.05 Å². The van der Waals surface area contributed by atoms with E-state index in [0.29, 0.717) is 22.6 Å². The van der Waals surface area contributed by atoms with Gasteiger partial charge in [0.2, 0.25) is 0 Å². The lowest BCUT2D eigenvalue weighted by atomic mass is 10.0. The van der Waals surface area contributed by atoms with Gasteiger partial charge in [-0.3, -0.25) is 9.67 Å². The Morgan fingerprint density at radius 1 is 1.38 bits per heavy atom. The van der Waals surface area contributed by atoms with Gasteiger partial charge in [-0.2, -0.15) is 5.10 Å². The summed E-state index contributed by atoms with van der Waals surface area (Å²) in [6.45, 7) is 3.80. The molecular weight excluding hydrogens is 374 g/mol. The Bertz CT molecular complexity index is 1080. The summed E-state index contributed by atoms with van der Waals surface area (Å²) in [6, 6.07) is 7.52. The van der Waals surface area contributed by atoms with Crippen molar-refractivity contribution in [1.82, 2.24) is 20.1 Å². The second kappa shape index (κ2) is 7.65. The van der Waals surface area contributed by atoms with Gasteiger partial charge in [-0.15, -0.1) is 0 Å². The molecule has 0 radical (unpaired) electrons. The number of nitrogens with zero attached hydrogens (tertiary/aromatic N) is 2. The fourth-order valence-electron chi connectivity index (χ4n) is 3.75. The largest absolute Gasteiger partial charge is 0.446 e.